The average molecular weight is 791 g/mol. The molecule has 7 rings (SSSR count). The molecule has 3 aromatic rings. The van der Waals surface area contributed by atoms with Crippen LogP contribution in [0.25, 0.3) is 0 Å². The third-order valence-corrected chi connectivity index (χ3v) is 12.5. The summed E-state index contributed by atoms with van der Waals surface area (Å²) in [4.78, 5) is 61.3. The van der Waals surface area contributed by atoms with Crippen molar-refractivity contribution in [2.24, 2.45) is 16.7 Å². The summed E-state index contributed by atoms with van der Waals surface area (Å²) >= 11 is 0. The fourth-order valence-corrected chi connectivity index (χ4v) is 9.49. The molecular formula is C44H54N8O6. The van der Waals surface area contributed by atoms with E-state index in [9.17, 15) is 24.4 Å². The minimum Gasteiger partial charge on any atom is -0.495 e. The first-order valence-corrected chi connectivity index (χ1v) is 20.3. The van der Waals surface area contributed by atoms with Crippen LogP contribution in [0, 0.1) is 28.1 Å². The highest BCUT2D eigenvalue weighted by Crippen LogP contribution is 2.55. The molecule has 0 unspecified atom stereocenters. The number of hydrogen-bond acceptors (Lipinski definition) is 11. The normalized spacial score (nSPS) is 23.2. The number of ether oxygens (including phenoxy) is 2. The summed E-state index contributed by atoms with van der Waals surface area (Å²) in [6, 6.07) is 18.1. The van der Waals surface area contributed by atoms with Crippen LogP contribution in [0.5, 0.6) is 11.5 Å². The molecule has 0 bridgehead atoms. The van der Waals surface area contributed by atoms with Gasteiger partial charge in [0.1, 0.15) is 35.5 Å². The number of aromatic nitrogens is 1. The number of carbonyl (C=O) groups is 4. The van der Waals surface area contributed by atoms with Gasteiger partial charge < -0.3 is 29.9 Å². The highest BCUT2D eigenvalue weighted by atomic mass is 16.5. The number of piperidine rings is 2. The number of carbonyl (C=O) groups excluding carboxylic acids is 4. The van der Waals surface area contributed by atoms with Gasteiger partial charge in [0.25, 0.3) is 11.8 Å². The SMILES string of the molecule is COc1cc(OC2C(C)(C)C(NC(=O)c3ccc(N4CCC(CN5CCN(c6ccc(C(=O)N[C@H]7CCC(=O)NC7=O)cn6)CC5)CC4)cc3)C2(C)C)ccc1C#N. The van der Waals surface area contributed by atoms with E-state index >= 15 is 0 Å². The van der Waals surface area contributed by atoms with E-state index in [0.717, 1.165) is 70.2 Å². The summed E-state index contributed by atoms with van der Waals surface area (Å²) in [7, 11) is 1.54. The van der Waals surface area contributed by atoms with Gasteiger partial charge >= 0.3 is 0 Å². The number of nitrogens with zero attached hydrogens (tertiary/aromatic N) is 5. The van der Waals surface area contributed by atoms with Gasteiger partial charge in [-0.2, -0.15) is 5.26 Å². The van der Waals surface area contributed by atoms with E-state index in [4.69, 9.17) is 9.47 Å². The lowest BCUT2D eigenvalue weighted by atomic mass is 9.49. The first-order chi connectivity index (χ1) is 27.8. The van der Waals surface area contributed by atoms with E-state index in [1.807, 2.05) is 18.2 Å². The van der Waals surface area contributed by atoms with E-state index in [1.54, 1.807) is 30.5 Å². The number of pyridine rings is 1. The fraction of sp³-hybridized carbons (Fsp3) is 0.500. The molecular weight excluding hydrogens is 737 g/mol. The predicted molar refractivity (Wildman–Crippen MR) is 219 cm³/mol. The topological polar surface area (TPSA) is 169 Å². The Morgan fingerprint density at radius 1 is 0.862 bits per heavy atom. The number of methoxy groups -OCH3 is 1. The van der Waals surface area contributed by atoms with Crippen LogP contribution in [0.15, 0.2) is 60.8 Å². The first-order valence-electron chi connectivity index (χ1n) is 20.3. The third-order valence-electron chi connectivity index (χ3n) is 12.5. The van der Waals surface area contributed by atoms with Crippen LogP contribution in [0.3, 0.4) is 0 Å². The largest absolute Gasteiger partial charge is 0.495 e. The number of amides is 4. The molecule has 1 saturated carbocycles. The van der Waals surface area contributed by atoms with Gasteiger partial charge in [-0.3, -0.25) is 29.4 Å². The highest BCUT2D eigenvalue weighted by Gasteiger charge is 2.64. The van der Waals surface area contributed by atoms with Gasteiger partial charge in [-0.15, -0.1) is 0 Å². The Bertz CT molecular complexity index is 2030. The second-order valence-electron chi connectivity index (χ2n) is 17.2. The van der Waals surface area contributed by atoms with E-state index < -0.39 is 11.9 Å². The zero-order valence-corrected chi connectivity index (χ0v) is 34.0. The molecule has 1 atom stereocenters. The van der Waals surface area contributed by atoms with Crippen molar-refractivity contribution in [3.63, 3.8) is 0 Å². The molecule has 14 nitrogen and oxygen atoms in total. The Morgan fingerprint density at radius 2 is 1.53 bits per heavy atom. The van der Waals surface area contributed by atoms with Crippen molar-refractivity contribution in [1.82, 2.24) is 25.8 Å². The number of imide groups is 1. The molecule has 4 amide bonds. The van der Waals surface area contributed by atoms with Gasteiger partial charge in [0, 0.05) is 92.6 Å². The van der Waals surface area contributed by atoms with Crippen molar-refractivity contribution < 1.29 is 28.7 Å². The van der Waals surface area contributed by atoms with Crippen LogP contribution in [0.1, 0.15) is 79.7 Å². The maximum atomic E-state index is 13.5. The highest BCUT2D eigenvalue weighted by molar-refractivity contribution is 6.03. The molecule has 4 fully saturated rings. The van der Waals surface area contributed by atoms with Gasteiger partial charge in [0.2, 0.25) is 11.8 Å². The number of nitriles is 1. The molecule has 3 aliphatic heterocycles. The molecule has 0 spiro atoms. The number of benzene rings is 2. The molecule has 1 aliphatic carbocycles. The molecule has 3 saturated heterocycles. The summed E-state index contributed by atoms with van der Waals surface area (Å²) in [6.45, 7) is 15.0. The summed E-state index contributed by atoms with van der Waals surface area (Å²) in [5.41, 5.74) is 1.91. The van der Waals surface area contributed by atoms with Crippen molar-refractivity contribution in [3.8, 4) is 17.6 Å². The summed E-state index contributed by atoms with van der Waals surface area (Å²) in [6.07, 6.45) is 4.09. The molecule has 58 heavy (non-hydrogen) atoms. The molecule has 14 heteroatoms. The minimum atomic E-state index is -0.720. The zero-order chi connectivity index (χ0) is 41.2. The van der Waals surface area contributed by atoms with Crippen molar-refractivity contribution in [1.29, 1.82) is 5.26 Å². The van der Waals surface area contributed by atoms with Crippen molar-refractivity contribution in [2.75, 3.05) is 62.7 Å². The van der Waals surface area contributed by atoms with Gasteiger partial charge in [-0.25, -0.2) is 4.98 Å². The lowest BCUT2D eigenvalue weighted by molar-refractivity contribution is -0.164. The second-order valence-corrected chi connectivity index (χ2v) is 17.2. The van der Waals surface area contributed by atoms with Gasteiger partial charge in [-0.1, -0.05) is 27.7 Å². The standard InChI is InChI=1S/C44H54N8O6/c1-43(2)41(44(3,4)42(43)58-33-12-8-30(25-45)35(24-33)57-5)49-38(54)29-6-10-32(11-7-29)51-18-16-28(17-19-51)27-50-20-22-52(23-21-50)36-14-9-31(26-46-36)39(55)47-34-13-15-37(53)48-40(34)56/h6-12,14,24,26,28,34,41-42H,13,15-23,27H2,1-5H3,(H,47,55)(H,49,54)(H,48,53,56)/t34-,41?,42?/m0/s1. The third kappa shape index (κ3) is 8.45. The van der Waals surface area contributed by atoms with Gasteiger partial charge in [0.05, 0.1) is 18.2 Å². The van der Waals surface area contributed by atoms with E-state index in [0.29, 0.717) is 40.5 Å². The maximum absolute atomic E-state index is 13.5. The molecule has 1 aromatic heterocycles. The van der Waals surface area contributed by atoms with Crippen LogP contribution < -0.4 is 35.2 Å². The van der Waals surface area contributed by atoms with E-state index in [2.05, 4.69) is 81.5 Å². The van der Waals surface area contributed by atoms with Crippen molar-refractivity contribution in [2.45, 2.75) is 71.6 Å². The van der Waals surface area contributed by atoms with Gasteiger partial charge in [-0.05, 0) is 73.7 Å². The number of rotatable bonds is 11. The monoisotopic (exact) mass is 790 g/mol. The first kappa shape index (κ1) is 40.5. The molecule has 0 radical (unpaired) electrons. The number of anilines is 2. The summed E-state index contributed by atoms with van der Waals surface area (Å²) < 4.78 is 11.8. The maximum Gasteiger partial charge on any atom is 0.253 e. The molecule has 4 heterocycles. The van der Waals surface area contributed by atoms with Crippen LogP contribution in [0.4, 0.5) is 11.5 Å². The molecule has 4 aliphatic rings. The molecule has 2 aromatic carbocycles. The quantitative estimate of drug-likeness (QED) is 0.239. The summed E-state index contributed by atoms with van der Waals surface area (Å²) in [5.74, 6) is 1.27. The van der Waals surface area contributed by atoms with Crippen LogP contribution in [0.2, 0.25) is 0 Å². The zero-order valence-electron chi connectivity index (χ0n) is 34.0. The van der Waals surface area contributed by atoms with Crippen molar-refractivity contribution >= 4 is 35.1 Å². The molecule has 306 valence electrons. The van der Waals surface area contributed by atoms with Crippen LogP contribution in [-0.4, -0.2) is 105 Å². The average Bonchev–Trinajstić information content (AvgIpc) is 3.23. The predicted octanol–water partition coefficient (Wildman–Crippen LogP) is 4.15. The smallest absolute Gasteiger partial charge is 0.253 e. The fourth-order valence-electron chi connectivity index (χ4n) is 9.49. The number of piperazine rings is 1. The van der Waals surface area contributed by atoms with Crippen LogP contribution in [-0.2, 0) is 9.59 Å². The lowest BCUT2D eigenvalue weighted by Gasteiger charge is -2.63. The Balaban J connectivity index is 0.835. The Hall–Kier alpha value is -5.68. The number of hydrogen-bond donors (Lipinski definition) is 3. The number of nitrogens with one attached hydrogen (secondary N) is 3. The minimum absolute atomic E-state index is 0.0998. The summed E-state index contributed by atoms with van der Waals surface area (Å²) in [5, 5.41) is 17.6. The Morgan fingerprint density at radius 3 is 2.16 bits per heavy atom. The van der Waals surface area contributed by atoms with Crippen LogP contribution >= 0.6 is 0 Å². The van der Waals surface area contributed by atoms with Crippen molar-refractivity contribution in [3.05, 3.63) is 77.5 Å². The second kappa shape index (κ2) is 16.7. The van der Waals surface area contributed by atoms with E-state index in [1.165, 1.54) is 7.11 Å². The Labute approximate surface area is 340 Å². The Kier molecular flexibility index (Phi) is 11.6. The van der Waals surface area contributed by atoms with Gasteiger partial charge in [0.15, 0.2) is 0 Å². The molecule has 3 N–H and O–H groups in total. The van der Waals surface area contributed by atoms with E-state index in [-0.39, 0.29) is 47.1 Å². The lowest BCUT2D eigenvalue weighted by Crippen LogP contribution is -2.74.